The van der Waals surface area contributed by atoms with E-state index in [-0.39, 0.29) is 12.5 Å². The van der Waals surface area contributed by atoms with Crippen LogP contribution in [0, 0.1) is 5.82 Å². The van der Waals surface area contributed by atoms with Crippen molar-refractivity contribution in [2.45, 2.75) is 12.5 Å². The van der Waals surface area contributed by atoms with Crippen LogP contribution in [0.4, 0.5) is 4.39 Å². The number of hydrogen-bond donors (Lipinski definition) is 0. The van der Waals surface area contributed by atoms with Crippen molar-refractivity contribution in [2.24, 2.45) is 0 Å². The fraction of sp³-hybridized carbons (Fsp3) is 0.259. The van der Waals surface area contributed by atoms with Crippen molar-refractivity contribution in [3.63, 3.8) is 0 Å². The van der Waals surface area contributed by atoms with Crippen LogP contribution >= 0.6 is 0 Å². The van der Waals surface area contributed by atoms with Gasteiger partial charge < -0.3 is 23.8 Å². The second-order valence-electron chi connectivity index (χ2n) is 8.00. The smallest absolute Gasteiger partial charge is 0.337 e. The normalized spacial score (nSPS) is 14.6. The molecule has 0 saturated carbocycles. The molecule has 182 valence electrons. The molecule has 0 bridgehead atoms. The molecule has 1 atom stereocenters. The summed E-state index contributed by atoms with van der Waals surface area (Å²) in [6.07, 6.45) is 0.618. The highest BCUT2D eigenvalue weighted by Crippen LogP contribution is 2.39. The Bertz CT molecular complexity index is 1210. The number of hydrogen-bond acceptors (Lipinski definition) is 6. The monoisotopic (exact) mass is 479 g/mol. The molecule has 0 aliphatic carbocycles. The maximum absolute atomic E-state index is 13.4. The van der Waals surface area contributed by atoms with Gasteiger partial charge in [-0.25, -0.2) is 9.18 Å². The second kappa shape index (κ2) is 10.5. The van der Waals surface area contributed by atoms with Crippen LogP contribution in [-0.4, -0.2) is 51.3 Å². The molecule has 1 aliphatic rings. The van der Waals surface area contributed by atoms with Gasteiger partial charge in [0.05, 0.1) is 32.9 Å². The zero-order valence-corrected chi connectivity index (χ0v) is 19.7. The number of methoxy groups -OCH3 is 3. The predicted octanol–water partition coefficient (Wildman–Crippen LogP) is 4.45. The summed E-state index contributed by atoms with van der Waals surface area (Å²) in [6, 6.07) is 15.4. The van der Waals surface area contributed by atoms with Gasteiger partial charge in [-0.15, -0.1) is 0 Å². The topological polar surface area (TPSA) is 74.3 Å². The first-order valence-electron chi connectivity index (χ1n) is 11.1. The SMILES string of the molecule is COC(=O)c1ccc(OCC2c3cc(OC)c(OC)cc3CCN2C(=O)c2ccc(F)cc2)cc1. The minimum Gasteiger partial charge on any atom is -0.493 e. The molecule has 35 heavy (non-hydrogen) atoms. The lowest BCUT2D eigenvalue weighted by Gasteiger charge is -2.37. The zero-order valence-electron chi connectivity index (χ0n) is 19.7. The Morgan fingerprint density at radius 3 is 2.17 bits per heavy atom. The summed E-state index contributed by atoms with van der Waals surface area (Å²) < 4.78 is 35.2. The van der Waals surface area contributed by atoms with Crippen LogP contribution in [0.2, 0.25) is 0 Å². The second-order valence-corrected chi connectivity index (χ2v) is 8.00. The zero-order chi connectivity index (χ0) is 24.9. The molecule has 0 N–H and O–H groups in total. The lowest BCUT2D eigenvalue weighted by molar-refractivity contribution is 0.0582. The van der Waals surface area contributed by atoms with Gasteiger partial charge in [-0.2, -0.15) is 0 Å². The third-order valence-electron chi connectivity index (χ3n) is 6.04. The molecular weight excluding hydrogens is 453 g/mol. The maximum atomic E-state index is 13.4. The molecule has 1 amide bonds. The highest BCUT2D eigenvalue weighted by molar-refractivity contribution is 5.94. The molecule has 0 fully saturated rings. The molecule has 0 aromatic heterocycles. The summed E-state index contributed by atoms with van der Waals surface area (Å²) in [5, 5.41) is 0. The van der Waals surface area contributed by atoms with Crippen LogP contribution in [-0.2, 0) is 11.2 Å². The first kappa shape index (κ1) is 24.1. The molecule has 7 nitrogen and oxygen atoms in total. The molecule has 0 saturated heterocycles. The van der Waals surface area contributed by atoms with Gasteiger partial charge in [-0.1, -0.05) is 0 Å². The highest BCUT2D eigenvalue weighted by Gasteiger charge is 2.33. The average Bonchev–Trinajstić information content (AvgIpc) is 2.90. The summed E-state index contributed by atoms with van der Waals surface area (Å²) >= 11 is 0. The molecule has 4 rings (SSSR count). The Labute approximate surface area is 203 Å². The number of halogens is 1. The lowest BCUT2D eigenvalue weighted by atomic mass is 9.91. The molecular formula is C27H26FNO6. The van der Waals surface area contributed by atoms with Crippen LogP contribution < -0.4 is 14.2 Å². The number of amides is 1. The first-order chi connectivity index (χ1) is 16.9. The Morgan fingerprint density at radius 2 is 1.54 bits per heavy atom. The number of ether oxygens (including phenoxy) is 4. The number of fused-ring (bicyclic) bond motifs is 1. The quantitative estimate of drug-likeness (QED) is 0.466. The first-order valence-corrected chi connectivity index (χ1v) is 11.1. The van der Waals surface area contributed by atoms with E-state index < -0.39 is 17.8 Å². The fourth-order valence-corrected chi connectivity index (χ4v) is 4.19. The van der Waals surface area contributed by atoms with Crippen LogP contribution in [0.25, 0.3) is 0 Å². The third kappa shape index (κ3) is 5.06. The van der Waals surface area contributed by atoms with Gasteiger partial charge in [0.1, 0.15) is 18.2 Å². The number of carbonyl (C=O) groups excluding carboxylic acids is 2. The summed E-state index contributed by atoms with van der Waals surface area (Å²) in [7, 11) is 4.46. The van der Waals surface area contributed by atoms with Crippen molar-refractivity contribution in [2.75, 3.05) is 34.5 Å². The van der Waals surface area contributed by atoms with Crippen LogP contribution in [0.3, 0.4) is 0 Å². The summed E-state index contributed by atoms with van der Waals surface area (Å²) in [6.45, 7) is 0.612. The van der Waals surface area contributed by atoms with Gasteiger partial charge in [0.25, 0.3) is 5.91 Å². The number of benzene rings is 3. The van der Waals surface area contributed by atoms with E-state index in [1.807, 2.05) is 12.1 Å². The van der Waals surface area contributed by atoms with E-state index >= 15 is 0 Å². The van der Waals surface area contributed by atoms with E-state index in [9.17, 15) is 14.0 Å². The molecule has 1 aliphatic heterocycles. The molecule has 0 radical (unpaired) electrons. The average molecular weight is 480 g/mol. The fourth-order valence-electron chi connectivity index (χ4n) is 4.19. The van der Waals surface area contributed by atoms with Crippen LogP contribution in [0.5, 0.6) is 17.2 Å². The Morgan fingerprint density at radius 1 is 0.914 bits per heavy atom. The van der Waals surface area contributed by atoms with E-state index in [0.29, 0.717) is 41.3 Å². The van der Waals surface area contributed by atoms with Gasteiger partial charge in [0.15, 0.2) is 11.5 Å². The van der Waals surface area contributed by atoms with Crippen molar-refractivity contribution in [3.05, 3.63) is 88.7 Å². The van der Waals surface area contributed by atoms with Crippen molar-refractivity contribution < 1.29 is 32.9 Å². The standard InChI is InChI=1S/C27H26FNO6/c1-32-24-14-19-12-13-29(26(30)17-4-8-20(28)9-5-17)23(22(19)15-25(24)33-2)16-35-21-10-6-18(7-11-21)27(31)34-3/h4-11,14-15,23H,12-13,16H2,1-3H3. The Kier molecular flexibility index (Phi) is 7.19. The molecule has 3 aromatic rings. The number of carbonyl (C=O) groups is 2. The van der Waals surface area contributed by atoms with Crippen molar-refractivity contribution in [1.29, 1.82) is 0 Å². The van der Waals surface area contributed by atoms with Crippen LogP contribution in [0.15, 0.2) is 60.7 Å². The Balaban J connectivity index is 1.66. The molecule has 0 spiro atoms. The van der Waals surface area contributed by atoms with Gasteiger partial charge >= 0.3 is 5.97 Å². The minimum atomic E-state index is -0.435. The third-order valence-corrected chi connectivity index (χ3v) is 6.04. The predicted molar refractivity (Wildman–Crippen MR) is 127 cm³/mol. The largest absolute Gasteiger partial charge is 0.493 e. The van der Waals surface area contributed by atoms with Gasteiger partial charge in [-0.3, -0.25) is 4.79 Å². The number of esters is 1. The van der Waals surface area contributed by atoms with E-state index in [2.05, 4.69) is 0 Å². The van der Waals surface area contributed by atoms with Gasteiger partial charge in [0.2, 0.25) is 0 Å². The Hall–Kier alpha value is -4.07. The van der Waals surface area contributed by atoms with Crippen molar-refractivity contribution in [1.82, 2.24) is 4.90 Å². The van der Waals surface area contributed by atoms with Gasteiger partial charge in [-0.05, 0) is 78.2 Å². The minimum absolute atomic E-state index is 0.160. The molecule has 1 heterocycles. The van der Waals surface area contributed by atoms with E-state index in [4.69, 9.17) is 18.9 Å². The number of rotatable bonds is 7. The van der Waals surface area contributed by atoms with E-state index in [1.54, 1.807) is 43.4 Å². The molecule has 1 unspecified atom stereocenters. The molecule has 3 aromatic carbocycles. The number of nitrogens with zero attached hydrogens (tertiary/aromatic N) is 1. The maximum Gasteiger partial charge on any atom is 0.337 e. The van der Waals surface area contributed by atoms with Crippen LogP contribution in [0.1, 0.15) is 37.9 Å². The highest BCUT2D eigenvalue weighted by atomic mass is 19.1. The van der Waals surface area contributed by atoms with Crippen molar-refractivity contribution >= 4 is 11.9 Å². The summed E-state index contributed by atoms with van der Waals surface area (Å²) in [5.74, 6) is 0.643. The van der Waals surface area contributed by atoms with E-state index in [0.717, 1.165) is 11.1 Å². The molecule has 8 heteroatoms. The van der Waals surface area contributed by atoms with Crippen molar-refractivity contribution in [3.8, 4) is 17.2 Å². The summed E-state index contributed by atoms with van der Waals surface area (Å²) in [5.41, 5.74) is 2.71. The van der Waals surface area contributed by atoms with E-state index in [1.165, 1.54) is 31.4 Å². The summed E-state index contributed by atoms with van der Waals surface area (Å²) in [4.78, 5) is 26.8. The van der Waals surface area contributed by atoms with Gasteiger partial charge in [0, 0.05) is 12.1 Å². The lowest BCUT2D eigenvalue weighted by Crippen LogP contribution is -2.42.